The Morgan fingerprint density at radius 3 is 2.54 bits per heavy atom. The Bertz CT molecular complexity index is 1170. The summed E-state index contributed by atoms with van der Waals surface area (Å²) in [6.45, 7) is 4.75. The summed E-state index contributed by atoms with van der Waals surface area (Å²) in [7, 11) is 0. The molecule has 4 N–H and O–H groups in total. The molecule has 1 amide bonds. The molecule has 3 heterocycles. The lowest BCUT2D eigenvalue weighted by atomic mass is 9.76. The minimum atomic E-state index is -0.704. The lowest BCUT2D eigenvalue weighted by molar-refractivity contribution is -0.142. The summed E-state index contributed by atoms with van der Waals surface area (Å²) in [6, 6.07) is 0.169. The number of aromatic nitrogens is 3. The van der Waals surface area contributed by atoms with Crippen LogP contribution < -0.4 is 11.1 Å². The topological polar surface area (TPSA) is 145 Å². The SMILES string of the molecule is CCn1nc(C)c2c(NC3CCC(C(=O)O)CC3)c(C3=NOC4(CCC(C(N)=O)CC4)C3)cnc21. The Labute approximate surface area is 204 Å². The van der Waals surface area contributed by atoms with Crippen LogP contribution in [0, 0.1) is 18.8 Å². The van der Waals surface area contributed by atoms with Crippen LogP contribution in [-0.4, -0.2) is 49.1 Å². The molecular formula is C25H34N6O4. The molecule has 2 aliphatic carbocycles. The first-order valence-electron chi connectivity index (χ1n) is 12.7. The van der Waals surface area contributed by atoms with E-state index in [0.29, 0.717) is 25.8 Å². The number of anilines is 1. The van der Waals surface area contributed by atoms with Gasteiger partial charge in [-0.2, -0.15) is 5.10 Å². The number of pyridine rings is 1. The number of oxime groups is 1. The van der Waals surface area contributed by atoms with Gasteiger partial charge in [0.25, 0.3) is 0 Å². The molecule has 10 heteroatoms. The van der Waals surface area contributed by atoms with Crippen molar-refractivity contribution in [1.29, 1.82) is 0 Å². The number of nitrogens with zero attached hydrogens (tertiary/aromatic N) is 4. The lowest BCUT2D eigenvalue weighted by Crippen LogP contribution is -2.38. The number of aliphatic carboxylic acids is 1. The standard InChI is InChI=1S/C25H34N6O4/c1-3-31-23-20(14(2)29-31)21(28-17-6-4-16(5-7-17)24(33)34)18(13-27-23)19-12-25(35-30-19)10-8-15(9-11-25)22(26)32/h13,15-17H,3-12H2,1-2H3,(H2,26,32)(H,27,28)(H,33,34). The molecule has 0 radical (unpaired) electrons. The van der Waals surface area contributed by atoms with Crippen molar-refractivity contribution in [3.8, 4) is 0 Å². The van der Waals surface area contributed by atoms with Crippen LogP contribution in [0.2, 0.25) is 0 Å². The van der Waals surface area contributed by atoms with E-state index in [1.807, 2.05) is 24.7 Å². The fraction of sp³-hybridized carbons (Fsp3) is 0.640. The van der Waals surface area contributed by atoms with Crippen molar-refractivity contribution >= 4 is 34.3 Å². The highest BCUT2D eigenvalue weighted by atomic mass is 16.7. The first-order chi connectivity index (χ1) is 16.8. The largest absolute Gasteiger partial charge is 0.481 e. The van der Waals surface area contributed by atoms with Gasteiger partial charge in [-0.15, -0.1) is 0 Å². The second-order valence-electron chi connectivity index (χ2n) is 10.3. The highest BCUT2D eigenvalue weighted by Crippen LogP contribution is 2.43. The van der Waals surface area contributed by atoms with Gasteiger partial charge in [-0.05, 0) is 65.2 Å². The molecule has 188 valence electrons. The van der Waals surface area contributed by atoms with Crippen molar-refractivity contribution in [2.75, 3.05) is 5.32 Å². The number of carboxylic acid groups (broad SMARTS) is 1. The highest BCUT2D eigenvalue weighted by Gasteiger charge is 2.44. The third-order valence-electron chi connectivity index (χ3n) is 8.11. The first-order valence-corrected chi connectivity index (χ1v) is 12.7. The second-order valence-corrected chi connectivity index (χ2v) is 10.3. The minimum absolute atomic E-state index is 0.0908. The van der Waals surface area contributed by atoms with Gasteiger partial charge < -0.3 is 21.0 Å². The zero-order valence-corrected chi connectivity index (χ0v) is 20.4. The zero-order chi connectivity index (χ0) is 24.7. The summed E-state index contributed by atoms with van der Waals surface area (Å²) < 4.78 is 1.90. The van der Waals surface area contributed by atoms with E-state index in [2.05, 4.69) is 10.5 Å². The maximum absolute atomic E-state index is 11.6. The molecule has 0 saturated heterocycles. The number of aryl methyl sites for hydroxylation is 2. The third-order valence-corrected chi connectivity index (χ3v) is 8.11. The predicted molar refractivity (Wildman–Crippen MR) is 131 cm³/mol. The van der Waals surface area contributed by atoms with E-state index in [0.717, 1.165) is 72.2 Å². The average molecular weight is 483 g/mol. The van der Waals surface area contributed by atoms with Gasteiger partial charge in [-0.25, -0.2) is 9.67 Å². The molecule has 2 saturated carbocycles. The molecule has 0 atom stereocenters. The van der Waals surface area contributed by atoms with Crippen LogP contribution in [-0.2, 0) is 21.0 Å². The van der Waals surface area contributed by atoms with Crippen molar-refractivity contribution in [2.24, 2.45) is 22.7 Å². The summed E-state index contributed by atoms with van der Waals surface area (Å²) >= 11 is 0. The van der Waals surface area contributed by atoms with E-state index in [9.17, 15) is 14.7 Å². The number of carbonyl (C=O) groups is 2. The van der Waals surface area contributed by atoms with E-state index >= 15 is 0 Å². The normalized spacial score (nSPS) is 28.6. The smallest absolute Gasteiger partial charge is 0.306 e. The number of primary amides is 1. The molecule has 1 aliphatic heterocycles. The molecule has 0 aromatic carbocycles. The quantitative estimate of drug-likeness (QED) is 0.572. The molecule has 2 aromatic heterocycles. The number of nitrogens with two attached hydrogens (primary N) is 1. The Morgan fingerprint density at radius 1 is 1.20 bits per heavy atom. The highest BCUT2D eigenvalue weighted by molar-refractivity contribution is 6.11. The van der Waals surface area contributed by atoms with Crippen molar-refractivity contribution in [3.63, 3.8) is 0 Å². The molecule has 2 fully saturated rings. The Hall–Kier alpha value is -3.17. The number of amides is 1. The van der Waals surface area contributed by atoms with Crippen LogP contribution in [0.4, 0.5) is 5.69 Å². The number of carbonyl (C=O) groups excluding carboxylic acids is 1. The fourth-order valence-corrected chi connectivity index (χ4v) is 5.96. The van der Waals surface area contributed by atoms with Crippen LogP contribution >= 0.6 is 0 Å². The van der Waals surface area contributed by atoms with Gasteiger partial charge in [0.2, 0.25) is 5.91 Å². The van der Waals surface area contributed by atoms with E-state index in [1.165, 1.54) is 0 Å². The molecular weight excluding hydrogens is 448 g/mol. The van der Waals surface area contributed by atoms with Crippen molar-refractivity contribution in [1.82, 2.24) is 14.8 Å². The monoisotopic (exact) mass is 482 g/mol. The second kappa shape index (κ2) is 9.13. The van der Waals surface area contributed by atoms with Gasteiger partial charge in [0.1, 0.15) is 5.60 Å². The summed E-state index contributed by atoms with van der Waals surface area (Å²) in [5.74, 6) is -1.30. The van der Waals surface area contributed by atoms with Crippen molar-refractivity contribution in [2.45, 2.75) is 89.8 Å². The van der Waals surface area contributed by atoms with Crippen LogP contribution in [0.1, 0.15) is 76.0 Å². The molecule has 0 bridgehead atoms. The third kappa shape index (κ3) is 4.34. The Kier molecular flexibility index (Phi) is 6.14. The predicted octanol–water partition coefficient (Wildman–Crippen LogP) is 3.35. The van der Waals surface area contributed by atoms with E-state index < -0.39 is 11.6 Å². The van der Waals surface area contributed by atoms with Gasteiger partial charge in [0.05, 0.1) is 28.4 Å². The number of fused-ring (bicyclic) bond motifs is 1. The Balaban J connectivity index is 1.44. The lowest BCUT2D eigenvalue weighted by Gasteiger charge is -2.33. The molecule has 3 aliphatic rings. The molecule has 35 heavy (non-hydrogen) atoms. The Morgan fingerprint density at radius 2 is 1.91 bits per heavy atom. The fourth-order valence-electron chi connectivity index (χ4n) is 5.96. The average Bonchev–Trinajstić information content (AvgIpc) is 3.40. The molecule has 0 unspecified atom stereocenters. The van der Waals surface area contributed by atoms with E-state index in [4.69, 9.17) is 20.7 Å². The van der Waals surface area contributed by atoms with Crippen LogP contribution in [0.3, 0.4) is 0 Å². The van der Waals surface area contributed by atoms with E-state index in [1.54, 1.807) is 0 Å². The van der Waals surface area contributed by atoms with Crippen LogP contribution in [0.15, 0.2) is 11.4 Å². The van der Waals surface area contributed by atoms with Gasteiger partial charge in [-0.3, -0.25) is 9.59 Å². The minimum Gasteiger partial charge on any atom is -0.481 e. The summed E-state index contributed by atoms with van der Waals surface area (Å²) in [5, 5.41) is 23.3. The van der Waals surface area contributed by atoms with Crippen LogP contribution in [0.25, 0.3) is 11.0 Å². The van der Waals surface area contributed by atoms with Crippen molar-refractivity contribution < 1.29 is 19.5 Å². The first kappa shape index (κ1) is 23.6. The maximum Gasteiger partial charge on any atom is 0.306 e. The molecule has 10 nitrogen and oxygen atoms in total. The summed E-state index contributed by atoms with van der Waals surface area (Å²) in [6.07, 6.45) is 8.37. The molecule has 1 spiro atoms. The number of carboxylic acids is 1. The van der Waals surface area contributed by atoms with Gasteiger partial charge in [0, 0.05) is 36.7 Å². The maximum atomic E-state index is 11.6. The van der Waals surface area contributed by atoms with Gasteiger partial charge >= 0.3 is 5.97 Å². The zero-order valence-electron chi connectivity index (χ0n) is 20.4. The molecule has 2 aromatic rings. The van der Waals surface area contributed by atoms with Crippen LogP contribution in [0.5, 0.6) is 0 Å². The number of hydrogen-bond donors (Lipinski definition) is 3. The summed E-state index contributed by atoms with van der Waals surface area (Å²) in [5.41, 5.74) is 9.56. The van der Waals surface area contributed by atoms with Gasteiger partial charge in [-0.1, -0.05) is 5.16 Å². The van der Waals surface area contributed by atoms with Gasteiger partial charge in [0.15, 0.2) is 5.65 Å². The van der Waals surface area contributed by atoms with E-state index in [-0.39, 0.29) is 23.8 Å². The number of hydrogen-bond acceptors (Lipinski definition) is 7. The number of rotatable bonds is 6. The molecule has 5 rings (SSSR count). The summed E-state index contributed by atoms with van der Waals surface area (Å²) in [4.78, 5) is 33.8. The number of nitrogens with one attached hydrogen (secondary N) is 1. The van der Waals surface area contributed by atoms with Crippen molar-refractivity contribution in [3.05, 3.63) is 17.5 Å².